The molecule has 0 radical (unpaired) electrons. The summed E-state index contributed by atoms with van der Waals surface area (Å²) in [5, 5.41) is 0. The predicted molar refractivity (Wildman–Crippen MR) is 65.4 cm³/mol. The lowest BCUT2D eigenvalue weighted by atomic mass is 10.2. The van der Waals surface area contributed by atoms with Gasteiger partial charge in [-0.2, -0.15) is 0 Å². The first kappa shape index (κ1) is 11.4. The standard InChI is InChI=1S/C12H11ClO2S/c1-2-8-3-5-11(15-8)10(14)7-9-4-6-12(13)16-9/h3-6H,2,7H2,1H3. The SMILES string of the molecule is CCc1ccc(C(=O)Cc2ccc(Cl)s2)o1. The molecule has 0 saturated carbocycles. The number of carbonyl (C=O) groups is 1. The Morgan fingerprint density at radius 2 is 2.19 bits per heavy atom. The topological polar surface area (TPSA) is 30.2 Å². The zero-order chi connectivity index (χ0) is 11.5. The average molecular weight is 255 g/mol. The molecule has 0 N–H and O–H groups in total. The molecule has 0 amide bonds. The summed E-state index contributed by atoms with van der Waals surface area (Å²) in [6.45, 7) is 1.99. The largest absolute Gasteiger partial charge is 0.458 e. The Kier molecular flexibility index (Phi) is 3.46. The summed E-state index contributed by atoms with van der Waals surface area (Å²) >= 11 is 7.23. The molecule has 0 unspecified atom stereocenters. The lowest BCUT2D eigenvalue weighted by molar-refractivity contribution is 0.0965. The van der Waals surface area contributed by atoms with Crippen LogP contribution in [0.3, 0.4) is 0 Å². The summed E-state index contributed by atoms with van der Waals surface area (Å²) in [5.74, 6) is 1.27. The van der Waals surface area contributed by atoms with Crippen molar-refractivity contribution in [2.75, 3.05) is 0 Å². The fourth-order valence-electron chi connectivity index (χ4n) is 1.41. The van der Waals surface area contributed by atoms with E-state index in [1.165, 1.54) is 11.3 Å². The quantitative estimate of drug-likeness (QED) is 0.773. The normalized spacial score (nSPS) is 10.6. The van der Waals surface area contributed by atoms with E-state index in [-0.39, 0.29) is 5.78 Å². The molecule has 2 heterocycles. The molecule has 16 heavy (non-hydrogen) atoms. The van der Waals surface area contributed by atoms with E-state index in [4.69, 9.17) is 16.0 Å². The second-order valence-electron chi connectivity index (χ2n) is 3.43. The number of aryl methyl sites for hydroxylation is 1. The van der Waals surface area contributed by atoms with Crippen LogP contribution >= 0.6 is 22.9 Å². The number of carbonyl (C=O) groups excluding carboxylic acids is 1. The lowest BCUT2D eigenvalue weighted by Crippen LogP contribution is -2.00. The molecule has 0 aromatic carbocycles. The summed E-state index contributed by atoms with van der Waals surface area (Å²) in [6, 6.07) is 7.24. The van der Waals surface area contributed by atoms with Crippen LogP contribution in [0, 0.1) is 0 Å². The molecular formula is C12H11ClO2S. The highest BCUT2D eigenvalue weighted by atomic mass is 35.5. The molecule has 2 rings (SSSR count). The number of ketones is 1. The van der Waals surface area contributed by atoms with E-state index in [9.17, 15) is 4.79 Å². The third-order valence-corrected chi connectivity index (χ3v) is 3.48. The zero-order valence-electron chi connectivity index (χ0n) is 8.83. The van der Waals surface area contributed by atoms with Crippen molar-refractivity contribution in [1.82, 2.24) is 0 Å². The van der Waals surface area contributed by atoms with Crippen molar-refractivity contribution in [3.05, 3.63) is 45.0 Å². The van der Waals surface area contributed by atoms with Gasteiger partial charge in [-0.3, -0.25) is 4.79 Å². The van der Waals surface area contributed by atoms with E-state index in [1.54, 1.807) is 12.1 Å². The van der Waals surface area contributed by atoms with Crippen LogP contribution in [0.4, 0.5) is 0 Å². The molecule has 2 aromatic rings. The van der Waals surface area contributed by atoms with Gasteiger partial charge in [-0.25, -0.2) is 0 Å². The van der Waals surface area contributed by atoms with Gasteiger partial charge >= 0.3 is 0 Å². The number of hydrogen-bond acceptors (Lipinski definition) is 3. The van der Waals surface area contributed by atoms with Crippen molar-refractivity contribution < 1.29 is 9.21 Å². The van der Waals surface area contributed by atoms with Crippen LogP contribution in [0.15, 0.2) is 28.7 Å². The van der Waals surface area contributed by atoms with Crippen LogP contribution < -0.4 is 0 Å². The second-order valence-corrected chi connectivity index (χ2v) is 5.22. The number of Topliss-reactive ketones (excluding diaryl/α,β-unsaturated/α-hetero) is 1. The van der Waals surface area contributed by atoms with E-state index in [0.29, 0.717) is 16.5 Å². The third kappa shape index (κ3) is 2.54. The monoisotopic (exact) mass is 254 g/mol. The van der Waals surface area contributed by atoms with Crippen LogP contribution in [0.2, 0.25) is 4.34 Å². The Bertz CT molecular complexity index is 499. The number of rotatable bonds is 4. The van der Waals surface area contributed by atoms with Crippen molar-refractivity contribution in [3.8, 4) is 0 Å². The first-order chi connectivity index (χ1) is 7.69. The Labute approximate surface area is 103 Å². The fraction of sp³-hybridized carbons (Fsp3) is 0.250. The van der Waals surface area contributed by atoms with E-state index in [1.807, 2.05) is 19.1 Å². The maximum Gasteiger partial charge on any atom is 0.203 e. The fourth-order valence-corrected chi connectivity index (χ4v) is 2.50. The van der Waals surface area contributed by atoms with Crippen molar-refractivity contribution in [2.45, 2.75) is 19.8 Å². The Hall–Kier alpha value is -1.06. The number of hydrogen-bond donors (Lipinski definition) is 0. The van der Waals surface area contributed by atoms with E-state index in [2.05, 4.69) is 0 Å². The number of thiophene rings is 1. The molecule has 0 atom stereocenters. The lowest BCUT2D eigenvalue weighted by Gasteiger charge is -1.94. The molecule has 0 bridgehead atoms. The van der Waals surface area contributed by atoms with Gasteiger partial charge in [0.05, 0.1) is 4.34 Å². The highest BCUT2D eigenvalue weighted by molar-refractivity contribution is 7.16. The Morgan fingerprint density at radius 1 is 1.38 bits per heavy atom. The van der Waals surface area contributed by atoms with Crippen molar-refractivity contribution in [1.29, 1.82) is 0 Å². The number of halogens is 1. The minimum atomic E-state index is -0.00165. The van der Waals surface area contributed by atoms with E-state index < -0.39 is 0 Å². The Balaban J connectivity index is 2.08. The van der Waals surface area contributed by atoms with Crippen LogP contribution in [0.5, 0.6) is 0 Å². The molecule has 0 aliphatic carbocycles. The molecule has 0 aliphatic rings. The summed E-state index contributed by atoms with van der Waals surface area (Å²) in [6.07, 6.45) is 1.16. The zero-order valence-corrected chi connectivity index (χ0v) is 10.4. The van der Waals surface area contributed by atoms with Gasteiger partial charge in [0.1, 0.15) is 5.76 Å². The first-order valence-electron chi connectivity index (χ1n) is 5.05. The van der Waals surface area contributed by atoms with Crippen LogP contribution in [-0.4, -0.2) is 5.78 Å². The second kappa shape index (κ2) is 4.85. The highest BCUT2D eigenvalue weighted by Gasteiger charge is 2.12. The first-order valence-corrected chi connectivity index (χ1v) is 6.24. The van der Waals surface area contributed by atoms with Crippen molar-refractivity contribution >= 4 is 28.7 Å². The van der Waals surface area contributed by atoms with Gasteiger partial charge in [-0.05, 0) is 24.3 Å². The van der Waals surface area contributed by atoms with E-state index >= 15 is 0 Å². The molecule has 0 spiro atoms. The van der Waals surface area contributed by atoms with Crippen LogP contribution in [0.1, 0.15) is 28.1 Å². The maximum absolute atomic E-state index is 11.8. The molecule has 0 fully saturated rings. The van der Waals surface area contributed by atoms with Gasteiger partial charge in [0, 0.05) is 17.7 Å². The molecule has 2 aromatic heterocycles. The minimum Gasteiger partial charge on any atom is -0.458 e. The average Bonchev–Trinajstić information content (AvgIpc) is 2.87. The van der Waals surface area contributed by atoms with Gasteiger partial charge in [0.25, 0.3) is 0 Å². The third-order valence-electron chi connectivity index (χ3n) is 2.25. The van der Waals surface area contributed by atoms with Gasteiger partial charge in [0.2, 0.25) is 5.78 Å². The molecule has 4 heteroatoms. The summed E-state index contributed by atoms with van der Waals surface area (Å²) < 4.78 is 6.10. The van der Waals surface area contributed by atoms with E-state index in [0.717, 1.165) is 17.1 Å². The maximum atomic E-state index is 11.8. The predicted octanol–water partition coefficient (Wildman–Crippen LogP) is 3.98. The van der Waals surface area contributed by atoms with Crippen LogP contribution in [-0.2, 0) is 12.8 Å². The van der Waals surface area contributed by atoms with Crippen LogP contribution in [0.25, 0.3) is 0 Å². The van der Waals surface area contributed by atoms with Crippen molar-refractivity contribution in [2.24, 2.45) is 0 Å². The molecule has 2 nitrogen and oxygen atoms in total. The van der Waals surface area contributed by atoms with Gasteiger partial charge in [0.15, 0.2) is 5.76 Å². The molecule has 0 aliphatic heterocycles. The summed E-state index contributed by atoms with van der Waals surface area (Å²) in [4.78, 5) is 12.8. The summed E-state index contributed by atoms with van der Waals surface area (Å²) in [5.41, 5.74) is 0. The molecule has 84 valence electrons. The Morgan fingerprint density at radius 3 is 2.75 bits per heavy atom. The summed E-state index contributed by atoms with van der Waals surface area (Å²) in [7, 11) is 0. The number of furan rings is 1. The van der Waals surface area contributed by atoms with Gasteiger partial charge < -0.3 is 4.42 Å². The van der Waals surface area contributed by atoms with Gasteiger partial charge in [-0.15, -0.1) is 11.3 Å². The van der Waals surface area contributed by atoms with Crippen molar-refractivity contribution in [3.63, 3.8) is 0 Å². The smallest absolute Gasteiger partial charge is 0.203 e. The molecular weight excluding hydrogens is 244 g/mol. The minimum absolute atomic E-state index is 0.00165. The van der Waals surface area contributed by atoms with Gasteiger partial charge in [-0.1, -0.05) is 18.5 Å². The highest BCUT2D eigenvalue weighted by Crippen LogP contribution is 2.23. The molecule has 0 saturated heterocycles.